The largest absolute Gasteiger partial charge is 0.497 e. The SMILES string of the molecule is COc1ccc(/C=N\OCC(=O)N2CCN(c3cc[nH+]cc3)CC2)cc1. The quantitative estimate of drug-likeness (QED) is 0.577. The van der Waals surface area contributed by atoms with Crippen LogP contribution in [0, 0.1) is 0 Å². The number of benzene rings is 1. The zero-order valence-electron chi connectivity index (χ0n) is 14.8. The number of carbonyl (C=O) groups is 1. The number of H-pyrrole nitrogens is 1. The summed E-state index contributed by atoms with van der Waals surface area (Å²) in [6, 6.07) is 11.5. The molecule has 0 unspecified atom stereocenters. The third-order valence-electron chi connectivity index (χ3n) is 4.28. The molecule has 7 heteroatoms. The average molecular weight is 355 g/mol. The normalized spacial score (nSPS) is 14.5. The molecule has 1 aliphatic rings. The van der Waals surface area contributed by atoms with Crippen molar-refractivity contribution in [3.63, 3.8) is 0 Å². The average Bonchev–Trinajstić information content (AvgIpc) is 2.72. The molecule has 1 aromatic carbocycles. The molecule has 0 aliphatic carbocycles. The number of oxime groups is 1. The molecular weight excluding hydrogens is 332 g/mol. The van der Waals surface area contributed by atoms with E-state index in [2.05, 4.69) is 15.0 Å². The number of aromatic nitrogens is 1. The van der Waals surface area contributed by atoms with Crippen molar-refractivity contribution in [2.45, 2.75) is 0 Å². The highest BCUT2D eigenvalue weighted by molar-refractivity contribution is 5.80. The molecular formula is C19H23N4O3+. The summed E-state index contributed by atoms with van der Waals surface area (Å²) in [4.78, 5) is 24.5. The third-order valence-corrected chi connectivity index (χ3v) is 4.28. The predicted octanol–water partition coefficient (Wildman–Crippen LogP) is 1.21. The number of nitrogens with one attached hydrogen (secondary N) is 1. The predicted molar refractivity (Wildman–Crippen MR) is 98.3 cm³/mol. The highest BCUT2D eigenvalue weighted by atomic mass is 16.6. The molecule has 0 spiro atoms. The maximum atomic E-state index is 12.2. The van der Waals surface area contributed by atoms with Crippen molar-refractivity contribution in [3.05, 3.63) is 54.4 Å². The highest BCUT2D eigenvalue weighted by Crippen LogP contribution is 2.14. The van der Waals surface area contributed by atoms with Crippen molar-refractivity contribution < 1.29 is 19.4 Å². The molecule has 136 valence electrons. The molecule has 1 N–H and O–H groups in total. The van der Waals surface area contributed by atoms with E-state index in [1.54, 1.807) is 13.3 Å². The van der Waals surface area contributed by atoms with Crippen molar-refractivity contribution in [1.82, 2.24) is 4.90 Å². The maximum Gasteiger partial charge on any atom is 0.263 e. The number of hydrogen-bond donors (Lipinski definition) is 0. The zero-order chi connectivity index (χ0) is 18.2. The van der Waals surface area contributed by atoms with Gasteiger partial charge in [-0.15, -0.1) is 0 Å². The summed E-state index contributed by atoms with van der Waals surface area (Å²) in [5.41, 5.74) is 2.04. The van der Waals surface area contributed by atoms with Gasteiger partial charge in [-0.3, -0.25) is 4.79 Å². The third kappa shape index (κ3) is 4.72. The summed E-state index contributed by atoms with van der Waals surface area (Å²) in [5, 5.41) is 3.87. The van der Waals surface area contributed by atoms with Crippen molar-refractivity contribution in [3.8, 4) is 5.75 Å². The van der Waals surface area contributed by atoms with Crippen LogP contribution in [0.3, 0.4) is 0 Å². The Morgan fingerprint density at radius 2 is 1.81 bits per heavy atom. The van der Waals surface area contributed by atoms with E-state index in [0.717, 1.165) is 30.1 Å². The number of nitrogens with zero attached hydrogens (tertiary/aromatic N) is 3. The lowest BCUT2D eigenvalue weighted by molar-refractivity contribution is -0.377. The lowest BCUT2D eigenvalue weighted by Gasteiger charge is -2.35. The molecule has 2 aromatic rings. The van der Waals surface area contributed by atoms with E-state index in [9.17, 15) is 4.79 Å². The smallest absolute Gasteiger partial charge is 0.263 e. The van der Waals surface area contributed by atoms with E-state index in [4.69, 9.17) is 9.57 Å². The van der Waals surface area contributed by atoms with Gasteiger partial charge in [0.1, 0.15) is 5.75 Å². The van der Waals surface area contributed by atoms with Crippen LogP contribution in [0.5, 0.6) is 5.75 Å². The molecule has 1 aliphatic heterocycles. The summed E-state index contributed by atoms with van der Waals surface area (Å²) in [7, 11) is 1.62. The van der Waals surface area contributed by atoms with Crippen LogP contribution in [-0.4, -0.2) is 56.9 Å². The van der Waals surface area contributed by atoms with Crippen LogP contribution in [0.25, 0.3) is 0 Å². The minimum atomic E-state index is -0.0487. The monoisotopic (exact) mass is 355 g/mol. The first-order chi connectivity index (χ1) is 12.8. The Balaban J connectivity index is 1.41. The second-order valence-electron chi connectivity index (χ2n) is 5.91. The number of rotatable bonds is 6. The Labute approximate surface area is 152 Å². The number of pyridine rings is 1. The molecule has 1 saturated heterocycles. The molecule has 2 heterocycles. The van der Waals surface area contributed by atoms with Gasteiger partial charge in [0.15, 0.2) is 19.0 Å². The van der Waals surface area contributed by atoms with Gasteiger partial charge < -0.3 is 19.4 Å². The van der Waals surface area contributed by atoms with Crippen molar-refractivity contribution in [2.24, 2.45) is 5.16 Å². The topological polar surface area (TPSA) is 68.5 Å². The van der Waals surface area contributed by atoms with Crippen LogP contribution in [0.1, 0.15) is 5.56 Å². The number of ether oxygens (including phenoxy) is 1. The van der Waals surface area contributed by atoms with Crippen LogP contribution >= 0.6 is 0 Å². The van der Waals surface area contributed by atoms with E-state index in [1.807, 2.05) is 53.7 Å². The molecule has 1 amide bonds. The number of piperazine rings is 1. The Morgan fingerprint density at radius 1 is 1.12 bits per heavy atom. The lowest BCUT2D eigenvalue weighted by atomic mass is 10.2. The second kappa shape index (κ2) is 8.84. The van der Waals surface area contributed by atoms with Gasteiger partial charge in [0.25, 0.3) is 5.91 Å². The lowest BCUT2D eigenvalue weighted by Crippen LogP contribution is -2.49. The molecule has 3 rings (SSSR count). The van der Waals surface area contributed by atoms with Crippen LogP contribution in [0.15, 0.2) is 53.9 Å². The highest BCUT2D eigenvalue weighted by Gasteiger charge is 2.21. The van der Waals surface area contributed by atoms with Gasteiger partial charge in [-0.2, -0.15) is 0 Å². The van der Waals surface area contributed by atoms with Crippen LogP contribution < -0.4 is 14.6 Å². The number of carbonyl (C=O) groups excluding carboxylic acids is 1. The first-order valence-corrected chi connectivity index (χ1v) is 8.54. The van der Waals surface area contributed by atoms with Gasteiger partial charge in [-0.1, -0.05) is 5.16 Å². The van der Waals surface area contributed by atoms with Gasteiger partial charge >= 0.3 is 0 Å². The van der Waals surface area contributed by atoms with E-state index >= 15 is 0 Å². The van der Waals surface area contributed by atoms with E-state index in [-0.39, 0.29) is 12.5 Å². The Morgan fingerprint density at radius 3 is 2.46 bits per heavy atom. The number of methoxy groups -OCH3 is 1. The maximum absolute atomic E-state index is 12.2. The Hall–Kier alpha value is -3.09. The Kier molecular flexibility index (Phi) is 6.03. The number of hydrogen-bond acceptors (Lipinski definition) is 5. The summed E-state index contributed by atoms with van der Waals surface area (Å²) in [6.45, 7) is 2.94. The van der Waals surface area contributed by atoms with Crippen LogP contribution in [0.2, 0.25) is 0 Å². The molecule has 1 aromatic heterocycles. The fraction of sp³-hybridized carbons (Fsp3) is 0.316. The number of aromatic amines is 1. The molecule has 0 bridgehead atoms. The van der Waals surface area contributed by atoms with Crippen LogP contribution in [-0.2, 0) is 9.63 Å². The van der Waals surface area contributed by atoms with E-state index in [0.29, 0.717) is 13.1 Å². The minimum Gasteiger partial charge on any atom is -0.497 e. The van der Waals surface area contributed by atoms with Crippen molar-refractivity contribution in [1.29, 1.82) is 0 Å². The zero-order valence-corrected chi connectivity index (χ0v) is 14.8. The van der Waals surface area contributed by atoms with Crippen molar-refractivity contribution in [2.75, 3.05) is 44.8 Å². The van der Waals surface area contributed by atoms with E-state index < -0.39 is 0 Å². The van der Waals surface area contributed by atoms with Crippen molar-refractivity contribution >= 4 is 17.8 Å². The Bertz CT molecular complexity index is 726. The first kappa shape index (κ1) is 17.7. The molecule has 0 atom stereocenters. The fourth-order valence-electron chi connectivity index (χ4n) is 2.77. The molecule has 0 saturated carbocycles. The van der Waals surface area contributed by atoms with Gasteiger partial charge in [0.05, 0.1) is 13.3 Å². The summed E-state index contributed by atoms with van der Waals surface area (Å²) in [5.74, 6) is 0.740. The summed E-state index contributed by atoms with van der Waals surface area (Å²) < 4.78 is 5.10. The van der Waals surface area contributed by atoms with Gasteiger partial charge in [0.2, 0.25) is 0 Å². The minimum absolute atomic E-state index is 0.0436. The molecule has 1 fully saturated rings. The van der Waals surface area contributed by atoms with Gasteiger partial charge in [-0.25, -0.2) is 4.98 Å². The summed E-state index contributed by atoms with van der Waals surface area (Å²) in [6.07, 6.45) is 5.39. The molecule has 26 heavy (non-hydrogen) atoms. The van der Waals surface area contributed by atoms with Gasteiger partial charge in [-0.05, 0) is 29.8 Å². The summed E-state index contributed by atoms with van der Waals surface area (Å²) >= 11 is 0. The van der Waals surface area contributed by atoms with E-state index in [1.165, 1.54) is 0 Å². The molecule has 0 radical (unpaired) electrons. The number of anilines is 1. The first-order valence-electron chi connectivity index (χ1n) is 8.54. The fourth-order valence-corrected chi connectivity index (χ4v) is 2.77. The molecule has 7 nitrogen and oxygen atoms in total. The standard InChI is InChI=1S/C19H22N4O3/c1-25-18-4-2-16(3-5-18)14-21-26-15-19(24)23-12-10-22(11-13-23)17-6-8-20-9-7-17/h2-9,14H,10-13,15H2,1H3/p+1/b21-14-. The number of amides is 1. The van der Waals surface area contributed by atoms with Gasteiger partial charge in [0, 0.05) is 44.0 Å². The van der Waals surface area contributed by atoms with Crippen LogP contribution in [0.4, 0.5) is 5.69 Å². The second-order valence-corrected chi connectivity index (χ2v) is 5.91.